The first kappa shape index (κ1) is 17.7. The Morgan fingerprint density at radius 1 is 1.27 bits per heavy atom. The Balaban J connectivity index is 1.52. The number of imidazole rings is 1. The first-order valence-electron chi connectivity index (χ1n) is 7.68. The third kappa shape index (κ3) is 4.48. The van der Waals surface area contributed by atoms with Gasteiger partial charge in [0, 0.05) is 13.2 Å². The second-order valence-corrected chi connectivity index (χ2v) is 6.12. The van der Waals surface area contributed by atoms with Crippen LogP contribution in [0, 0.1) is 0 Å². The lowest BCUT2D eigenvalue weighted by atomic mass is 10.4. The number of amides is 2. The van der Waals surface area contributed by atoms with Crippen LogP contribution in [-0.4, -0.2) is 44.4 Å². The number of rotatable bonds is 7. The maximum atomic E-state index is 11.8. The van der Waals surface area contributed by atoms with Crippen LogP contribution in [0.5, 0.6) is 0 Å². The molecule has 3 aromatic rings. The number of thioether (sulfide) groups is 1. The zero-order valence-electron chi connectivity index (χ0n) is 13.9. The zero-order valence-corrected chi connectivity index (χ0v) is 14.7. The fourth-order valence-electron chi connectivity index (χ4n) is 2.01. The van der Waals surface area contributed by atoms with Gasteiger partial charge < -0.3 is 15.1 Å². The van der Waals surface area contributed by atoms with E-state index in [0.29, 0.717) is 28.8 Å². The molecule has 0 atom stereocenters. The number of hydrogen-bond acceptors (Lipinski definition) is 7. The van der Waals surface area contributed by atoms with E-state index in [2.05, 4.69) is 25.8 Å². The van der Waals surface area contributed by atoms with Gasteiger partial charge in [0.05, 0.1) is 18.6 Å². The van der Waals surface area contributed by atoms with Gasteiger partial charge in [-0.25, -0.2) is 4.98 Å². The average molecular weight is 372 g/mol. The van der Waals surface area contributed by atoms with E-state index in [9.17, 15) is 9.59 Å². The van der Waals surface area contributed by atoms with Crippen LogP contribution in [0.2, 0.25) is 0 Å². The van der Waals surface area contributed by atoms with Crippen molar-refractivity contribution in [1.29, 1.82) is 0 Å². The molecular formula is C16H16N6O3S. The molecule has 3 aromatic heterocycles. The van der Waals surface area contributed by atoms with Gasteiger partial charge in [-0.15, -0.1) is 10.2 Å². The molecule has 26 heavy (non-hydrogen) atoms. The Bertz CT molecular complexity index is 876. The number of furan rings is 1. The van der Waals surface area contributed by atoms with Gasteiger partial charge in [-0.2, -0.15) is 0 Å². The zero-order chi connectivity index (χ0) is 18.4. The van der Waals surface area contributed by atoms with Gasteiger partial charge in [-0.05, 0) is 24.3 Å². The second-order valence-electron chi connectivity index (χ2n) is 5.12. The maximum Gasteiger partial charge on any atom is 0.271 e. The summed E-state index contributed by atoms with van der Waals surface area (Å²) in [6.07, 6.45) is 4.62. The van der Waals surface area contributed by atoms with Crippen molar-refractivity contribution in [2.24, 2.45) is 0 Å². The lowest BCUT2D eigenvalue weighted by Gasteiger charge is -2.04. The van der Waals surface area contributed by atoms with Crippen LogP contribution in [0.25, 0.3) is 5.82 Å². The van der Waals surface area contributed by atoms with Crippen molar-refractivity contribution in [2.75, 3.05) is 12.8 Å². The summed E-state index contributed by atoms with van der Waals surface area (Å²) >= 11 is 1.28. The number of nitrogens with one attached hydrogen (secondary N) is 2. The van der Waals surface area contributed by atoms with Crippen LogP contribution in [0.1, 0.15) is 16.2 Å². The van der Waals surface area contributed by atoms with Crippen LogP contribution in [-0.2, 0) is 11.3 Å². The molecule has 3 heterocycles. The standard InChI is InChI=1S/C16H16N6O3S/c1-17-16(24)12-8-22(10-19-12)13-4-5-15(21-20-13)26-9-14(23)18-7-11-3-2-6-25-11/h2-6,8,10H,7,9H2,1H3,(H,17,24)(H,18,23). The molecule has 0 unspecified atom stereocenters. The summed E-state index contributed by atoms with van der Waals surface area (Å²) in [5.41, 5.74) is 0.293. The molecule has 0 aliphatic heterocycles. The van der Waals surface area contributed by atoms with E-state index in [0.717, 1.165) is 0 Å². The summed E-state index contributed by atoms with van der Waals surface area (Å²) < 4.78 is 6.75. The molecule has 0 fully saturated rings. The van der Waals surface area contributed by atoms with Crippen molar-refractivity contribution in [3.8, 4) is 5.82 Å². The highest BCUT2D eigenvalue weighted by Gasteiger charge is 2.09. The molecule has 0 saturated heterocycles. The SMILES string of the molecule is CNC(=O)c1cn(-c2ccc(SCC(=O)NCc3ccco3)nn2)cn1. The predicted octanol–water partition coefficient (Wildman–Crippen LogP) is 1.02. The Kier molecular flexibility index (Phi) is 5.64. The van der Waals surface area contributed by atoms with Crippen molar-refractivity contribution in [3.63, 3.8) is 0 Å². The minimum atomic E-state index is -0.274. The van der Waals surface area contributed by atoms with Crippen LogP contribution < -0.4 is 10.6 Å². The maximum absolute atomic E-state index is 11.8. The molecule has 0 saturated carbocycles. The average Bonchev–Trinajstić information content (AvgIpc) is 3.36. The Morgan fingerprint density at radius 3 is 2.85 bits per heavy atom. The van der Waals surface area contributed by atoms with E-state index in [4.69, 9.17) is 4.42 Å². The summed E-state index contributed by atoms with van der Waals surface area (Å²) in [7, 11) is 1.54. The molecule has 0 radical (unpaired) electrons. The molecule has 9 nitrogen and oxygen atoms in total. The molecule has 2 N–H and O–H groups in total. The van der Waals surface area contributed by atoms with E-state index in [1.165, 1.54) is 25.1 Å². The van der Waals surface area contributed by atoms with Crippen molar-refractivity contribution in [1.82, 2.24) is 30.4 Å². The molecule has 3 rings (SSSR count). The van der Waals surface area contributed by atoms with Crippen molar-refractivity contribution >= 4 is 23.6 Å². The second kappa shape index (κ2) is 8.30. The first-order valence-corrected chi connectivity index (χ1v) is 8.66. The molecule has 0 aliphatic rings. The molecule has 0 bridgehead atoms. The summed E-state index contributed by atoms with van der Waals surface area (Å²) in [5.74, 6) is 1.05. The van der Waals surface area contributed by atoms with Gasteiger partial charge in [0.25, 0.3) is 5.91 Å². The minimum absolute atomic E-state index is 0.123. The third-order valence-electron chi connectivity index (χ3n) is 3.32. The van der Waals surface area contributed by atoms with Crippen LogP contribution in [0.4, 0.5) is 0 Å². The smallest absolute Gasteiger partial charge is 0.271 e. The number of carbonyl (C=O) groups excluding carboxylic acids is 2. The molecule has 134 valence electrons. The summed E-state index contributed by atoms with van der Waals surface area (Å²) in [6, 6.07) is 7.06. The largest absolute Gasteiger partial charge is 0.467 e. The number of carbonyl (C=O) groups is 2. The Hall–Kier alpha value is -3.14. The van der Waals surface area contributed by atoms with Crippen molar-refractivity contribution in [2.45, 2.75) is 11.6 Å². The van der Waals surface area contributed by atoms with Crippen LogP contribution >= 0.6 is 11.8 Å². The fraction of sp³-hybridized carbons (Fsp3) is 0.188. The summed E-state index contributed by atoms with van der Waals surface area (Å²) in [4.78, 5) is 27.3. The van der Waals surface area contributed by atoms with Crippen molar-refractivity contribution in [3.05, 3.63) is 54.5 Å². The van der Waals surface area contributed by atoms with Gasteiger partial charge in [-0.3, -0.25) is 14.2 Å². The van der Waals surface area contributed by atoms with Crippen LogP contribution in [0.15, 0.2) is 52.5 Å². The number of aromatic nitrogens is 4. The van der Waals surface area contributed by atoms with Gasteiger partial charge >= 0.3 is 0 Å². The van der Waals surface area contributed by atoms with Crippen LogP contribution in [0.3, 0.4) is 0 Å². The first-order chi connectivity index (χ1) is 12.7. The summed E-state index contributed by atoms with van der Waals surface area (Å²) in [6.45, 7) is 0.352. The lowest BCUT2D eigenvalue weighted by molar-refractivity contribution is -0.118. The van der Waals surface area contributed by atoms with Gasteiger partial charge in [0.2, 0.25) is 5.91 Å². The van der Waals surface area contributed by atoms with E-state index in [1.807, 2.05) is 0 Å². The quantitative estimate of drug-likeness (QED) is 0.595. The van der Waals surface area contributed by atoms with Gasteiger partial charge in [0.15, 0.2) is 5.82 Å². The highest BCUT2D eigenvalue weighted by molar-refractivity contribution is 7.99. The number of hydrogen-bond donors (Lipinski definition) is 2. The lowest BCUT2D eigenvalue weighted by Crippen LogP contribution is -2.24. The van der Waals surface area contributed by atoms with Gasteiger partial charge in [-0.1, -0.05) is 11.8 Å². The highest BCUT2D eigenvalue weighted by atomic mass is 32.2. The molecule has 2 amide bonds. The molecule has 0 aliphatic carbocycles. The normalized spacial score (nSPS) is 10.5. The monoisotopic (exact) mass is 372 g/mol. The van der Waals surface area contributed by atoms with Crippen molar-refractivity contribution < 1.29 is 14.0 Å². The number of nitrogens with zero attached hydrogens (tertiary/aromatic N) is 4. The van der Waals surface area contributed by atoms with E-state index in [1.54, 1.807) is 41.3 Å². The van der Waals surface area contributed by atoms with Gasteiger partial charge in [0.1, 0.15) is 22.8 Å². The fourth-order valence-corrected chi connectivity index (χ4v) is 2.65. The highest BCUT2D eigenvalue weighted by Crippen LogP contribution is 2.15. The topological polar surface area (TPSA) is 115 Å². The minimum Gasteiger partial charge on any atom is -0.467 e. The predicted molar refractivity (Wildman–Crippen MR) is 93.8 cm³/mol. The third-order valence-corrected chi connectivity index (χ3v) is 4.24. The molecular weight excluding hydrogens is 356 g/mol. The summed E-state index contributed by atoms with van der Waals surface area (Å²) in [5, 5.41) is 14.0. The molecule has 0 aromatic carbocycles. The van der Waals surface area contributed by atoms with E-state index < -0.39 is 0 Å². The molecule has 10 heteroatoms. The Morgan fingerprint density at radius 2 is 2.15 bits per heavy atom. The van der Waals surface area contributed by atoms with E-state index >= 15 is 0 Å². The van der Waals surface area contributed by atoms with E-state index in [-0.39, 0.29) is 17.6 Å². The molecule has 0 spiro atoms. The Labute approximate surface area is 153 Å².